The van der Waals surface area contributed by atoms with Gasteiger partial charge in [0.05, 0.1) is 6.42 Å². The van der Waals surface area contributed by atoms with Crippen LogP contribution < -0.4 is 0 Å². The number of carbonyl (C=O) groups is 1. The van der Waals surface area contributed by atoms with Crippen LogP contribution in [-0.4, -0.2) is 16.1 Å². The van der Waals surface area contributed by atoms with Gasteiger partial charge in [-0.15, -0.1) is 0 Å². The first kappa shape index (κ1) is 14.8. The molecule has 0 radical (unpaired) electrons. The average Bonchev–Trinajstić information content (AvgIpc) is 2.25. The number of pyridine rings is 1. The molecule has 0 fully saturated rings. The third-order valence-electron chi connectivity index (χ3n) is 2.15. The Hall–Kier alpha value is -2.24. The van der Waals surface area contributed by atoms with Crippen molar-refractivity contribution in [3.05, 3.63) is 28.6 Å². The Morgan fingerprint density at radius 1 is 1.47 bits per heavy atom. The number of hydrogen-bond acceptors (Lipinski definition) is 3. The van der Waals surface area contributed by atoms with E-state index in [4.69, 9.17) is 10.4 Å². The minimum absolute atomic E-state index is 0.545. The highest BCUT2D eigenvalue weighted by atomic mass is 19.4. The van der Waals surface area contributed by atoms with E-state index in [0.717, 1.165) is 6.07 Å². The second kappa shape index (κ2) is 5.17. The summed E-state index contributed by atoms with van der Waals surface area (Å²) in [6.45, 7) is 0. The topological polar surface area (TPSA) is 74.0 Å². The molecule has 1 N–H and O–H groups in total. The number of hydrogen-bond donors (Lipinski definition) is 1. The summed E-state index contributed by atoms with van der Waals surface area (Å²) < 4.78 is 63.6. The minimum Gasteiger partial charge on any atom is -0.481 e. The Bertz CT molecular complexity index is 548. The van der Waals surface area contributed by atoms with Gasteiger partial charge in [0.15, 0.2) is 5.69 Å². The lowest BCUT2D eigenvalue weighted by atomic mass is 9.99. The van der Waals surface area contributed by atoms with Gasteiger partial charge in [0.2, 0.25) is 0 Å². The van der Waals surface area contributed by atoms with Crippen molar-refractivity contribution in [2.75, 3.05) is 0 Å². The lowest BCUT2D eigenvalue weighted by molar-refractivity contribution is -0.141. The van der Waals surface area contributed by atoms with Crippen LogP contribution in [0.15, 0.2) is 6.20 Å². The van der Waals surface area contributed by atoms with Crippen LogP contribution in [-0.2, 0) is 17.4 Å². The maximum atomic E-state index is 12.8. The predicted octanol–water partition coefficient (Wildman–Crippen LogP) is 2.54. The lowest BCUT2D eigenvalue weighted by Gasteiger charge is -2.16. The number of carboxylic acid groups (broad SMARTS) is 1. The van der Waals surface area contributed by atoms with E-state index in [1.165, 1.54) is 0 Å². The van der Waals surface area contributed by atoms with Crippen molar-refractivity contribution in [2.45, 2.75) is 19.0 Å². The standard InChI is InChI=1S/C10H5F5N2O2/c11-9(12)7-4(1-6(18)19)3-17-5(2-16)8(7)10(13,14)15/h3,9H,1H2,(H,18,19). The summed E-state index contributed by atoms with van der Waals surface area (Å²) >= 11 is 0. The summed E-state index contributed by atoms with van der Waals surface area (Å²) in [7, 11) is 0. The molecule has 102 valence electrons. The van der Waals surface area contributed by atoms with Crippen molar-refractivity contribution in [2.24, 2.45) is 0 Å². The van der Waals surface area contributed by atoms with Crippen LogP contribution in [0.4, 0.5) is 22.0 Å². The van der Waals surface area contributed by atoms with E-state index in [2.05, 4.69) is 4.98 Å². The largest absolute Gasteiger partial charge is 0.481 e. The molecule has 1 rings (SSSR count). The summed E-state index contributed by atoms with van der Waals surface area (Å²) in [5.41, 5.74) is -5.38. The van der Waals surface area contributed by atoms with Crippen LogP contribution in [0.2, 0.25) is 0 Å². The zero-order valence-corrected chi connectivity index (χ0v) is 9.00. The number of rotatable bonds is 3. The van der Waals surface area contributed by atoms with Gasteiger partial charge in [-0.1, -0.05) is 0 Å². The molecule has 1 aromatic heterocycles. The number of alkyl halides is 5. The molecule has 0 unspecified atom stereocenters. The SMILES string of the molecule is N#Cc1ncc(CC(=O)O)c(C(F)F)c1C(F)(F)F. The van der Waals surface area contributed by atoms with Crippen molar-refractivity contribution >= 4 is 5.97 Å². The average molecular weight is 280 g/mol. The Balaban J connectivity index is 3.64. The first-order valence-corrected chi connectivity index (χ1v) is 4.67. The molecule has 0 bridgehead atoms. The monoisotopic (exact) mass is 280 g/mol. The molecule has 1 heterocycles. The number of nitriles is 1. The molecule has 4 nitrogen and oxygen atoms in total. The van der Waals surface area contributed by atoms with Crippen LogP contribution >= 0.6 is 0 Å². The number of aromatic nitrogens is 1. The summed E-state index contributed by atoms with van der Waals surface area (Å²) in [5, 5.41) is 17.0. The smallest absolute Gasteiger partial charge is 0.419 e. The Morgan fingerprint density at radius 2 is 2.05 bits per heavy atom. The van der Waals surface area contributed by atoms with Crippen molar-refractivity contribution < 1.29 is 31.9 Å². The number of halogens is 5. The predicted molar refractivity (Wildman–Crippen MR) is 50.3 cm³/mol. The van der Waals surface area contributed by atoms with Crippen molar-refractivity contribution in [1.82, 2.24) is 4.98 Å². The van der Waals surface area contributed by atoms with Gasteiger partial charge in [-0.2, -0.15) is 18.4 Å². The van der Waals surface area contributed by atoms with Crippen LogP contribution in [0, 0.1) is 11.3 Å². The fourth-order valence-corrected chi connectivity index (χ4v) is 1.49. The van der Waals surface area contributed by atoms with Gasteiger partial charge in [-0.3, -0.25) is 4.79 Å². The van der Waals surface area contributed by atoms with Gasteiger partial charge in [-0.25, -0.2) is 13.8 Å². The van der Waals surface area contributed by atoms with E-state index >= 15 is 0 Å². The van der Waals surface area contributed by atoms with Gasteiger partial charge in [0.25, 0.3) is 6.43 Å². The van der Waals surface area contributed by atoms with E-state index in [0.29, 0.717) is 6.20 Å². The molecule has 0 aliphatic rings. The maximum absolute atomic E-state index is 12.8. The third kappa shape index (κ3) is 3.15. The molecule has 0 spiro atoms. The zero-order valence-electron chi connectivity index (χ0n) is 9.00. The first-order valence-electron chi connectivity index (χ1n) is 4.67. The fourth-order valence-electron chi connectivity index (χ4n) is 1.49. The number of nitrogens with zero attached hydrogens (tertiary/aromatic N) is 2. The van der Waals surface area contributed by atoms with Crippen LogP contribution in [0.25, 0.3) is 0 Å². The Kier molecular flexibility index (Phi) is 4.04. The van der Waals surface area contributed by atoms with Gasteiger partial charge < -0.3 is 5.11 Å². The minimum atomic E-state index is -5.22. The molecule has 19 heavy (non-hydrogen) atoms. The third-order valence-corrected chi connectivity index (χ3v) is 2.15. The van der Waals surface area contributed by atoms with Crippen LogP contribution in [0.5, 0.6) is 0 Å². The molecule has 1 aromatic rings. The molecule has 9 heteroatoms. The van der Waals surface area contributed by atoms with Gasteiger partial charge >= 0.3 is 12.1 Å². The van der Waals surface area contributed by atoms with E-state index in [1.807, 2.05) is 0 Å². The molecule has 0 saturated carbocycles. The highest BCUT2D eigenvalue weighted by Crippen LogP contribution is 2.39. The van der Waals surface area contributed by atoms with E-state index in [-0.39, 0.29) is 0 Å². The summed E-state index contributed by atoms with van der Waals surface area (Å²) in [6.07, 6.45) is -9.29. The zero-order chi connectivity index (χ0) is 14.8. The summed E-state index contributed by atoms with van der Waals surface area (Å²) in [6, 6.07) is 1.07. The van der Waals surface area contributed by atoms with Crippen molar-refractivity contribution in [1.29, 1.82) is 5.26 Å². The van der Waals surface area contributed by atoms with E-state index in [9.17, 15) is 26.7 Å². The highest BCUT2D eigenvalue weighted by molar-refractivity contribution is 5.71. The molecule has 0 saturated heterocycles. The molecule has 0 aromatic carbocycles. The summed E-state index contributed by atoms with van der Waals surface area (Å²) in [4.78, 5) is 13.5. The van der Waals surface area contributed by atoms with Gasteiger partial charge in [0, 0.05) is 11.8 Å². The number of carboxylic acids is 1. The lowest BCUT2D eigenvalue weighted by Crippen LogP contribution is -2.17. The second-order valence-corrected chi connectivity index (χ2v) is 3.40. The molecule has 0 aliphatic carbocycles. The quantitative estimate of drug-likeness (QED) is 0.863. The fraction of sp³-hybridized carbons (Fsp3) is 0.300. The van der Waals surface area contributed by atoms with Gasteiger partial charge in [0.1, 0.15) is 11.6 Å². The van der Waals surface area contributed by atoms with Gasteiger partial charge in [-0.05, 0) is 5.56 Å². The molecule has 0 atom stereocenters. The molecular formula is C10H5F5N2O2. The number of aliphatic carboxylic acids is 1. The van der Waals surface area contributed by atoms with E-state index in [1.54, 1.807) is 0 Å². The van der Waals surface area contributed by atoms with Crippen LogP contribution in [0.3, 0.4) is 0 Å². The van der Waals surface area contributed by atoms with Crippen LogP contribution in [0.1, 0.15) is 28.8 Å². The van der Waals surface area contributed by atoms with Crippen molar-refractivity contribution in [3.63, 3.8) is 0 Å². The molecule has 0 aliphatic heterocycles. The first-order chi connectivity index (χ1) is 8.68. The molecular weight excluding hydrogens is 275 g/mol. The van der Waals surface area contributed by atoms with Crippen molar-refractivity contribution in [3.8, 4) is 6.07 Å². The van der Waals surface area contributed by atoms with E-state index < -0.39 is 47.4 Å². The maximum Gasteiger partial charge on any atom is 0.419 e. The highest BCUT2D eigenvalue weighted by Gasteiger charge is 2.41. The molecule has 0 amide bonds. The Labute approximate surface area is 103 Å². The Morgan fingerprint density at radius 3 is 2.42 bits per heavy atom. The normalized spacial score (nSPS) is 11.4. The second-order valence-electron chi connectivity index (χ2n) is 3.40. The summed E-state index contributed by atoms with van der Waals surface area (Å²) in [5.74, 6) is -1.58.